The zero-order valence-corrected chi connectivity index (χ0v) is 16.8. The van der Waals surface area contributed by atoms with Gasteiger partial charge in [-0.25, -0.2) is 0 Å². The van der Waals surface area contributed by atoms with Gasteiger partial charge in [-0.1, -0.05) is 16.8 Å². The Balaban J connectivity index is 1.47. The van der Waals surface area contributed by atoms with Crippen LogP contribution in [0.4, 0.5) is 5.82 Å². The van der Waals surface area contributed by atoms with Gasteiger partial charge in [-0.05, 0) is 23.1 Å². The summed E-state index contributed by atoms with van der Waals surface area (Å²) in [6, 6.07) is 5.88. The van der Waals surface area contributed by atoms with E-state index >= 15 is 0 Å². The summed E-state index contributed by atoms with van der Waals surface area (Å²) in [7, 11) is 1.44. The highest BCUT2D eigenvalue weighted by Crippen LogP contribution is 2.22. The number of nitrogens with zero attached hydrogens (tertiary/aromatic N) is 5. The molecule has 1 aromatic carbocycles. The van der Waals surface area contributed by atoms with Crippen LogP contribution >= 0.6 is 11.6 Å². The number of aromatic nitrogens is 4. The van der Waals surface area contributed by atoms with Gasteiger partial charge in [-0.2, -0.15) is 9.67 Å². The maximum absolute atomic E-state index is 12.3. The molecule has 0 fully saturated rings. The molecular formula is C17H16ClN7O6. The highest BCUT2D eigenvalue weighted by molar-refractivity contribution is 6.31. The van der Waals surface area contributed by atoms with Crippen molar-refractivity contribution in [3.8, 4) is 5.75 Å². The van der Waals surface area contributed by atoms with Crippen LogP contribution in [0.5, 0.6) is 5.75 Å². The standard InChI is InChI=1S/C17H16ClN7O6/c1-30-12-3-2-10(18)8-11(12)15(26)19-5-6-20-16(27)17-21-13(23-31-17)9-24-7-4-14(22-24)25(28)29/h2-4,7-8H,5-6,9H2,1H3,(H,19,26)(H,20,27). The normalized spacial score (nSPS) is 10.5. The number of hydrogen-bond donors (Lipinski definition) is 2. The second-order valence-electron chi connectivity index (χ2n) is 6.00. The van der Waals surface area contributed by atoms with Crippen LogP contribution in [0, 0.1) is 10.1 Å². The molecule has 162 valence electrons. The number of halogens is 1. The molecule has 0 aliphatic rings. The molecule has 2 heterocycles. The summed E-state index contributed by atoms with van der Waals surface area (Å²) in [5.74, 6) is -1.18. The topological polar surface area (TPSA) is 167 Å². The minimum absolute atomic E-state index is 0.0118. The first kappa shape index (κ1) is 21.7. The van der Waals surface area contributed by atoms with Gasteiger partial charge in [0, 0.05) is 18.1 Å². The SMILES string of the molecule is COc1ccc(Cl)cc1C(=O)NCCNC(=O)c1nc(Cn2ccc([N+](=O)[O-])n2)no1. The van der Waals surface area contributed by atoms with E-state index in [4.69, 9.17) is 20.9 Å². The molecule has 3 rings (SSSR count). The third-order valence-electron chi connectivity index (χ3n) is 3.88. The molecule has 0 saturated heterocycles. The lowest BCUT2D eigenvalue weighted by atomic mass is 10.2. The third-order valence-corrected chi connectivity index (χ3v) is 4.12. The molecule has 3 aromatic rings. The maximum atomic E-state index is 12.3. The minimum atomic E-state index is -0.639. The largest absolute Gasteiger partial charge is 0.496 e. The molecule has 0 bridgehead atoms. The molecule has 0 radical (unpaired) electrons. The van der Waals surface area contributed by atoms with Crippen molar-refractivity contribution in [2.45, 2.75) is 6.54 Å². The number of carbonyl (C=O) groups excluding carboxylic acids is 2. The van der Waals surface area contributed by atoms with Crippen molar-refractivity contribution < 1.29 is 23.8 Å². The van der Waals surface area contributed by atoms with E-state index in [0.29, 0.717) is 10.8 Å². The zero-order valence-electron chi connectivity index (χ0n) is 16.1. The molecule has 2 amide bonds. The number of methoxy groups -OCH3 is 1. The summed E-state index contributed by atoms with van der Waals surface area (Å²) < 4.78 is 11.2. The van der Waals surface area contributed by atoms with Crippen LogP contribution in [-0.4, -0.2) is 56.9 Å². The number of nitrogens with one attached hydrogen (secondary N) is 2. The Morgan fingerprint density at radius 2 is 2.00 bits per heavy atom. The summed E-state index contributed by atoms with van der Waals surface area (Å²) in [6.07, 6.45) is 1.38. The fourth-order valence-corrected chi connectivity index (χ4v) is 2.64. The van der Waals surface area contributed by atoms with Gasteiger partial charge in [0.05, 0.1) is 30.0 Å². The lowest BCUT2D eigenvalue weighted by Crippen LogP contribution is -2.35. The van der Waals surface area contributed by atoms with E-state index in [1.54, 1.807) is 12.1 Å². The molecule has 0 unspecified atom stereocenters. The van der Waals surface area contributed by atoms with E-state index in [1.165, 1.54) is 30.1 Å². The van der Waals surface area contributed by atoms with Gasteiger partial charge in [0.2, 0.25) is 0 Å². The quantitative estimate of drug-likeness (QED) is 0.275. The highest BCUT2D eigenvalue weighted by atomic mass is 35.5. The maximum Gasteiger partial charge on any atom is 0.389 e. The van der Waals surface area contributed by atoms with Crippen LogP contribution in [0.1, 0.15) is 26.9 Å². The Morgan fingerprint density at radius 1 is 1.26 bits per heavy atom. The number of nitro groups is 1. The molecule has 13 nitrogen and oxygen atoms in total. The van der Waals surface area contributed by atoms with Crippen molar-refractivity contribution in [1.29, 1.82) is 0 Å². The highest BCUT2D eigenvalue weighted by Gasteiger charge is 2.18. The van der Waals surface area contributed by atoms with Crippen LogP contribution in [0.25, 0.3) is 0 Å². The zero-order chi connectivity index (χ0) is 22.4. The number of carbonyl (C=O) groups is 2. The molecule has 0 saturated carbocycles. The van der Waals surface area contributed by atoms with E-state index in [1.807, 2.05) is 0 Å². The number of ether oxygens (including phenoxy) is 1. The first-order chi connectivity index (χ1) is 14.9. The lowest BCUT2D eigenvalue weighted by molar-refractivity contribution is -0.389. The Labute approximate surface area is 179 Å². The van der Waals surface area contributed by atoms with Crippen LogP contribution < -0.4 is 15.4 Å². The molecular weight excluding hydrogens is 434 g/mol. The Hall–Kier alpha value is -4.00. The summed E-state index contributed by atoms with van der Waals surface area (Å²) in [5.41, 5.74) is 0.265. The Bertz CT molecular complexity index is 1110. The number of benzene rings is 1. The van der Waals surface area contributed by atoms with Gasteiger partial charge in [0.15, 0.2) is 5.82 Å². The van der Waals surface area contributed by atoms with Crippen molar-refractivity contribution >= 4 is 29.2 Å². The monoisotopic (exact) mass is 449 g/mol. The van der Waals surface area contributed by atoms with Gasteiger partial charge in [0.25, 0.3) is 5.91 Å². The molecule has 0 aliphatic carbocycles. The van der Waals surface area contributed by atoms with Gasteiger partial charge in [-0.15, -0.1) is 0 Å². The summed E-state index contributed by atoms with van der Waals surface area (Å²) in [5, 5.41) is 23.5. The van der Waals surface area contributed by atoms with E-state index in [0.717, 1.165) is 0 Å². The fraction of sp³-hybridized carbons (Fsp3) is 0.235. The van der Waals surface area contributed by atoms with Gasteiger partial charge in [0.1, 0.15) is 12.3 Å². The molecule has 14 heteroatoms. The minimum Gasteiger partial charge on any atom is -0.496 e. The molecule has 31 heavy (non-hydrogen) atoms. The predicted molar refractivity (Wildman–Crippen MR) is 105 cm³/mol. The Kier molecular flexibility index (Phi) is 6.77. The van der Waals surface area contributed by atoms with Gasteiger partial charge in [-0.3, -0.25) is 9.59 Å². The number of rotatable bonds is 9. The van der Waals surface area contributed by atoms with Crippen molar-refractivity contribution in [3.63, 3.8) is 0 Å². The van der Waals surface area contributed by atoms with E-state index in [-0.39, 0.29) is 42.7 Å². The van der Waals surface area contributed by atoms with Crippen LogP contribution in [0.15, 0.2) is 35.0 Å². The molecule has 0 aliphatic heterocycles. The van der Waals surface area contributed by atoms with Gasteiger partial charge < -0.3 is 30.0 Å². The van der Waals surface area contributed by atoms with Gasteiger partial charge >= 0.3 is 17.6 Å². The number of hydrogen-bond acceptors (Lipinski definition) is 9. The van der Waals surface area contributed by atoms with Crippen molar-refractivity contribution in [2.24, 2.45) is 0 Å². The lowest BCUT2D eigenvalue weighted by Gasteiger charge is -2.09. The molecule has 0 spiro atoms. The average Bonchev–Trinajstić information content (AvgIpc) is 3.41. The van der Waals surface area contributed by atoms with Crippen molar-refractivity contribution in [2.75, 3.05) is 20.2 Å². The van der Waals surface area contributed by atoms with Crippen molar-refractivity contribution in [3.05, 3.63) is 62.9 Å². The second kappa shape index (κ2) is 9.67. The van der Waals surface area contributed by atoms with Crippen molar-refractivity contribution in [1.82, 2.24) is 30.6 Å². The Morgan fingerprint density at radius 3 is 2.68 bits per heavy atom. The average molecular weight is 450 g/mol. The summed E-state index contributed by atoms with van der Waals surface area (Å²) >= 11 is 5.91. The van der Waals surface area contributed by atoms with E-state index in [9.17, 15) is 19.7 Å². The molecule has 2 aromatic heterocycles. The second-order valence-corrected chi connectivity index (χ2v) is 6.44. The summed E-state index contributed by atoms with van der Waals surface area (Å²) in [6.45, 7) is 0.205. The van der Waals surface area contributed by atoms with E-state index in [2.05, 4.69) is 25.9 Å². The van der Waals surface area contributed by atoms with Crippen LogP contribution in [-0.2, 0) is 6.54 Å². The van der Waals surface area contributed by atoms with Crippen LogP contribution in [0.2, 0.25) is 5.02 Å². The molecule has 0 atom stereocenters. The first-order valence-corrected chi connectivity index (χ1v) is 9.15. The van der Waals surface area contributed by atoms with E-state index < -0.39 is 16.7 Å². The third kappa shape index (κ3) is 5.54. The smallest absolute Gasteiger partial charge is 0.389 e. The fourth-order valence-electron chi connectivity index (χ4n) is 2.47. The number of amides is 2. The summed E-state index contributed by atoms with van der Waals surface area (Å²) in [4.78, 5) is 38.3. The predicted octanol–water partition coefficient (Wildman–Crippen LogP) is 1.04. The van der Waals surface area contributed by atoms with Crippen LogP contribution in [0.3, 0.4) is 0 Å². The first-order valence-electron chi connectivity index (χ1n) is 8.77. The molecule has 2 N–H and O–H groups in total.